The first-order valence-electron chi connectivity index (χ1n) is 6.34. The molecular weight excluding hydrogens is 228 g/mol. The third-order valence-corrected chi connectivity index (χ3v) is 3.31. The Bertz CT molecular complexity index is 483. The highest BCUT2D eigenvalue weighted by Gasteiger charge is 2.22. The molecule has 0 spiro atoms. The van der Waals surface area contributed by atoms with Crippen molar-refractivity contribution in [1.29, 1.82) is 0 Å². The second-order valence-corrected chi connectivity index (χ2v) is 4.47. The number of ketones is 1. The summed E-state index contributed by atoms with van der Waals surface area (Å²) in [6.45, 7) is 2.66. The third kappa shape index (κ3) is 2.29. The molecule has 1 aromatic carbocycles. The summed E-state index contributed by atoms with van der Waals surface area (Å²) < 4.78 is 0. The zero-order chi connectivity index (χ0) is 13.1. The van der Waals surface area contributed by atoms with Crippen LogP contribution in [0.4, 0.5) is 5.69 Å². The first-order chi connectivity index (χ1) is 8.67. The summed E-state index contributed by atoms with van der Waals surface area (Å²) in [4.78, 5) is 25.2. The van der Waals surface area contributed by atoms with Gasteiger partial charge in [0.2, 0.25) is 5.91 Å². The average molecular weight is 246 g/mol. The number of hydrogen-bond acceptors (Lipinski definition) is 3. The van der Waals surface area contributed by atoms with Gasteiger partial charge >= 0.3 is 0 Å². The monoisotopic (exact) mass is 246 g/mol. The molecule has 0 aromatic heterocycles. The summed E-state index contributed by atoms with van der Waals surface area (Å²) >= 11 is 0. The van der Waals surface area contributed by atoms with Crippen molar-refractivity contribution >= 4 is 17.4 Å². The van der Waals surface area contributed by atoms with E-state index in [0.717, 1.165) is 30.6 Å². The maximum atomic E-state index is 11.8. The van der Waals surface area contributed by atoms with Gasteiger partial charge in [0.25, 0.3) is 0 Å². The molecule has 1 aliphatic heterocycles. The molecule has 1 aromatic rings. The summed E-state index contributed by atoms with van der Waals surface area (Å²) in [5.74, 6) is 0.0746. The Hall–Kier alpha value is -1.68. The zero-order valence-electron chi connectivity index (χ0n) is 10.6. The van der Waals surface area contributed by atoms with Crippen LogP contribution in [0.3, 0.4) is 0 Å². The number of anilines is 1. The molecule has 0 saturated carbocycles. The van der Waals surface area contributed by atoms with E-state index in [2.05, 4.69) is 0 Å². The van der Waals surface area contributed by atoms with Gasteiger partial charge in [-0.05, 0) is 36.6 Å². The molecule has 1 heterocycles. The summed E-state index contributed by atoms with van der Waals surface area (Å²) in [5.41, 5.74) is 8.02. The second kappa shape index (κ2) is 5.31. The highest BCUT2D eigenvalue weighted by molar-refractivity contribution is 5.99. The maximum absolute atomic E-state index is 11.8. The lowest BCUT2D eigenvalue weighted by Gasteiger charge is -2.29. The van der Waals surface area contributed by atoms with Gasteiger partial charge in [-0.1, -0.05) is 6.92 Å². The van der Waals surface area contributed by atoms with Crippen LogP contribution in [0.2, 0.25) is 0 Å². The Morgan fingerprint density at radius 1 is 1.39 bits per heavy atom. The fraction of sp³-hybridized carbons (Fsp3) is 0.429. The molecule has 0 saturated heterocycles. The number of carbonyl (C=O) groups is 2. The smallest absolute Gasteiger partial charge is 0.226 e. The average Bonchev–Trinajstić information content (AvgIpc) is 2.44. The molecule has 0 bridgehead atoms. The number of nitrogens with two attached hydrogens (primary N) is 1. The largest absolute Gasteiger partial charge is 0.324 e. The minimum atomic E-state index is -0.0586. The van der Waals surface area contributed by atoms with Crippen molar-refractivity contribution in [2.45, 2.75) is 26.2 Å². The van der Waals surface area contributed by atoms with E-state index in [1.54, 1.807) is 6.07 Å². The Morgan fingerprint density at radius 2 is 2.17 bits per heavy atom. The fourth-order valence-corrected chi connectivity index (χ4v) is 2.34. The summed E-state index contributed by atoms with van der Waals surface area (Å²) in [5, 5.41) is 0. The van der Waals surface area contributed by atoms with Crippen LogP contribution in [0.25, 0.3) is 0 Å². The van der Waals surface area contributed by atoms with Crippen molar-refractivity contribution in [2.24, 2.45) is 5.73 Å². The molecule has 1 amide bonds. The Morgan fingerprint density at radius 3 is 2.83 bits per heavy atom. The number of aryl methyl sites for hydroxylation is 1. The van der Waals surface area contributed by atoms with Crippen LogP contribution in [-0.4, -0.2) is 24.8 Å². The topological polar surface area (TPSA) is 63.4 Å². The van der Waals surface area contributed by atoms with Crippen LogP contribution in [0.5, 0.6) is 0 Å². The van der Waals surface area contributed by atoms with Gasteiger partial charge in [0.1, 0.15) is 0 Å². The predicted octanol–water partition coefficient (Wildman–Crippen LogP) is 1.52. The van der Waals surface area contributed by atoms with Gasteiger partial charge in [0.05, 0.1) is 6.54 Å². The van der Waals surface area contributed by atoms with E-state index in [0.29, 0.717) is 12.0 Å². The van der Waals surface area contributed by atoms with Crippen molar-refractivity contribution in [2.75, 3.05) is 18.0 Å². The Balaban J connectivity index is 2.36. The number of fused-ring (bicyclic) bond motifs is 1. The molecular formula is C14H18N2O2. The second-order valence-electron chi connectivity index (χ2n) is 4.47. The van der Waals surface area contributed by atoms with Gasteiger partial charge in [-0.3, -0.25) is 9.59 Å². The Kier molecular flexibility index (Phi) is 3.77. The highest BCUT2D eigenvalue weighted by atomic mass is 16.2. The van der Waals surface area contributed by atoms with Crippen LogP contribution in [0.15, 0.2) is 18.2 Å². The van der Waals surface area contributed by atoms with Crippen LogP contribution >= 0.6 is 0 Å². The van der Waals surface area contributed by atoms with E-state index in [9.17, 15) is 9.59 Å². The Labute approximate surface area is 107 Å². The van der Waals surface area contributed by atoms with E-state index in [1.165, 1.54) is 0 Å². The number of nitrogens with zero attached hydrogens (tertiary/aromatic N) is 1. The van der Waals surface area contributed by atoms with E-state index in [-0.39, 0.29) is 18.2 Å². The number of carbonyl (C=O) groups excluding carboxylic acids is 2. The molecule has 4 nitrogen and oxygen atoms in total. The van der Waals surface area contributed by atoms with Crippen molar-refractivity contribution < 1.29 is 9.59 Å². The third-order valence-electron chi connectivity index (χ3n) is 3.31. The van der Waals surface area contributed by atoms with Gasteiger partial charge in [0.15, 0.2) is 5.78 Å². The molecule has 0 fully saturated rings. The number of rotatable bonds is 3. The van der Waals surface area contributed by atoms with E-state index in [1.807, 2.05) is 24.0 Å². The molecule has 1 aliphatic rings. The van der Waals surface area contributed by atoms with E-state index < -0.39 is 0 Å². The molecule has 18 heavy (non-hydrogen) atoms. The lowest BCUT2D eigenvalue weighted by Crippen LogP contribution is -2.35. The van der Waals surface area contributed by atoms with Crippen molar-refractivity contribution in [1.82, 2.24) is 0 Å². The van der Waals surface area contributed by atoms with Gasteiger partial charge in [0, 0.05) is 24.2 Å². The summed E-state index contributed by atoms with van der Waals surface area (Å²) in [7, 11) is 0. The van der Waals surface area contributed by atoms with Gasteiger partial charge < -0.3 is 10.6 Å². The van der Waals surface area contributed by atoms with Gasteiger partial charge in [-0.25, -0.2) is 0 Å². The van der Waals surface area contributed by atoms with Crippen LogP contribution < -0.4 is 10.6 Å². The normalized spacial score (nSPS) is 14.2. The SMILES string of the molecule is CCC(=O)N1CCCc2cc(C(=O)CN)ccc21. The minimum absolute atomic E-state index is 0.0242. The standard InChI is InChI=1S/C14H18N2O2/c1-2-14(18)16-7-3-4-10-8-11(13(17)9-15)5-6-12(10)16/h5-6,8H,2-4,7,9,15H2,1H3. The van der Waals surface area contributed by atoms with Crippen LogP contribution in [0, 0.1) is 0 Å². The zero-order valence-corrected chi connectivity index (χ0v) is 10.6. The fourth-order valence-electron chi connectivity index (χ4n) is 2.34. The molecule has 2 N–H and O–H groups in total. The summed E-state index contributed by atoms with van der Waals surface area (Å²) in [6.07, 6.45) is 2.36. The molecule has 96 valence electrons. The lowest BCUT2D eigenvalue weighted by atomic mass is 9.97. The van der Waals surface area contributed by atoms with Crippen molar-refractivity contribution in [3.05, 3.63) is 29.3 Å². The quantitative estimate of drug-likeness (QED) is 0.822. The first kappa shape index (κ1) is 12.8. The number of benzene rings is 1. The molecule has 4 heteroatoms. The lowest BCUT2D eigenvalue weighted by molar-refractivity contribution is -0.118. The maximum Gasteiger partial charge on any atom is 0.226 e. The number of hydrogen-bond donors (Lipinski definition) is 1. The van der Waals surface area contributed by atoms with Gasteiger partial charge in [-0.15, -0.1) is 0 Å². The van der Waals surface area contributed by atoms with Crippen molar-refractivity contribution in [3.63, 3.8) is 0 Å². The molecule has 0 radical (unpaired) electrons. The van der Waals surface area contributed by atoms with Gasteiger partial charge in [-0.2, -0.15) is 0 Å². The minimum Gasteiger partial charge on any atom is -0.324 e. The number of Topliss-reactive ketones (excluding diaryl/α,β-unsaturated/α-hetero) is 1. The van der Waals surface area contributed by atoms with Crippen LogP contribution in [-0.2, 0) is 11.2 Å². The van der Waals surface area contributed by atoms with E-state index in [4.69, 9.17) is 5.73 Å². The van der Waals surface area contributed by atoms with Crippen molar-refractivity contribution in [3.8, 4) is 0 Å². The molecule has 0 unspecified atom stereocenters. The molecule has 2 rings (SSSR count). The van der Waals surface area contributed by atoms with Crippen LogP contribution in [0.1, 0.15) is 35.7 Å². The number of amides is 1. The molecule has 0 aliphatic carbocycles. The molecule has 0 atom stereocenters. The first-order valence-corrected chi connectivity index (χ1v) is 6.34. The summed E-state index contributed by atoms with van der Waals surface area (Å²) in [6, 6.07) is 5.50. The highest BCUT2D eigenvalue weighted by Crippen LogP contribution is 2.28. The predicted molar refractivity (Wildman–Crippen MR) is 70.8 cm³/mol. The van der Waals surface area contributed by atoms with E-state index >= 15 is 0 Å².